The topological polar surface area (TPSA) is 3.24 Å². The van der Waals surface area contributed by atoms with Crippen LogP contribution in [0.2, 0.25) is 0 Å². The van der Waals surface area contributed by atoms with Crippen molar-refractivity contribution in [1.82, 2.24) is 0 Å². The van der Waals surface area contributed by atoms with Gasteiger partial charge in [-0.05, 0) is 109 Å². The first kappa shape index (κ1) is 35.0. The number of anilines is 3. The first-order valence-corrected chi connectivity index (χ1v) is 21.7. The van der Waals surface area contributed by atoms with Crippen molar-refractivity contribution >= 4 is 48.6 Å². The molecular weight excluding hydrogens is 743 g/mol. The second-order valence-electron chi connectivity index (χ2n) is 16.8. The van der Waals surface area contributed by atoms with Crippen LogP contribution in [-0.4, -0.2) is 0 Å². The Labute approximate surface area is 355 Å². The summed E-state index contributed by atoms with van der Waals surface area (Å²) in [6, 6.07) is 79.1. The summed E-state index contributed by atoms with van der Waals surface area (Å²) in [5, 5.41) is 2.65. The molecule has 0 N–H and O–H groups in total. The second kappa shape index (κ2) is 13.3. The van der Waals surface area contributed by atoms with E-state index in [4.69, 9.17) is 0 Å². The summed E-state index contributed by atoms with van der Waals surface area (Å²) in [5.41, 5.74) is 18.5. The van der Waals surface area contributed by atoms with E-state index in [0.717, 1.165) is 17.1 Å². The van der Waals surface area contributed by atoms with E-state index in [1.54, 1.807) is 0 Å². The van der Waals surface area contributed by atoms with Gasteiger partial charge in [0.2, 0.25) is 0 Å². The monoisotopic (exact) mass is 783 g/mol. The Morgan fingerprint density at radius 1 is 0.367 bits per heavy atom. The number of thiophene rings is 1. The number of nitrogens with zero attached hydrogens (tertiary/aromatic N) is 1. The van der Waals surface area contributed by atoms with Crippen LogP contribution in [0.1, 0.15) is 47.2 Å². The molecule has 284 valence electrons. The summed E-state index contributed by atoms with van der Waals surface area (Å²) in [6.07, 6.45) is 0. The number of hydrogen-bond acceptors (Lipinski definition) is 2. The summed E-state index contributed by atoms with van der Waals surface area (Å²) in [4.78, 5) is 2.44. The summed E-state index contributed by atoms with van der Waals surface area (Å²) in [6.45, 7) is 4.73. The van der Waals surface area contributed by atoms with E-state index in [-0.39, 0.29) is 5.41 Å². The fourth-order valence-electron chi connectivity index (χ4n) is 10.6. The van der Waals surface area contributed by atoms with Crippen LogP contribution in [0.3, 0.4) is 0 Å². The highest BCUT2D eigenvalue weighted by molar-refractivity contribution is 7.26. The lowest BCUT2D eigenvalue weighted by Crippen LogP contribution is -2.28. The second-order valence-corrected chi connectivity index (χ2v) is 17.9. The van der Waals surface area contributed by atoms with Gasteiger partial charge in [0.05, 0.1) is 5.41 Å². The molecule has 1 nitrogen and oxygen atoms in total. The molecule has 1 aromatic heterocycles. The summed E-state index contributed by atoms with van der Waals surface area (Å²) in [5.74, 6) is 0. The number of fused-ring (bicyclic) bond motifs is 9. The van der Waals surface area contributed by atoms with Gasteiger partial charge in [0.1, 0.15) is 0 Å². The van der Waals surface area contributed by atoms with Crippen molar-refractivity contribution in [3.63, 3.8) is 0 Å². The van der Waals surface area contributed by atoms with E-state index in [1.165, 1.54) is 86.9 Å². The Morgan fingerprint density at radius 2 is 0.867 bits per heavy atom. The maximum Gasteiger partial charge on any atom is 0.0713 e. The Balaban J connectivity index is 1.02. The summed E-state index contributed by atoms with van der Waals surface area (Å²) < 4.78 is 2.66. The van der Waals surface area contributed by atoms with Crippen LogP contribution in [0.25, 0.3) is 53.6 Å². The predicted octanol–water partition coefficient (Wildman–Crippen LogP) is 15.9. The lowest BCUT2D eigenvalue weighted by Gasteiger charge is -2.34. The fraction of sp³-hybridized carbons (Fsp3) is 0.0690. The molecule has 0 spiro atoms. The minimum absolute atomic E-state index is 0.116. The summed E-state index contributed by atoms with van der Waals surface area (Å²) >= 11 is 1.88. The van der Waals surface area contributed by atoms with Gasteiger partial charge in [0.15, 0.2) is 0 Å². The van der Waals surface area contributed by atoms with E-state index < -0.39 is 5.41 Å². The Bertz CT molecular complexity index is 3230. The van der Waals surface area contributed by atoms with Gasteiger partial charge in [-0.1, -0.05) is 184 Å². The van der Waals surface area contributed by atoms with E-state index in [1.807, 2.05) is 11.3 Å². The van der Waals surface area contributed by atoms with E-state index >= 15 is 0 Å². The van der Waals surface area contributed by atoms with Crippen LogP contribution in [0, 0.1) is 0 Å². The van der Waals surface area contributed by atoms with Crippen molar-refractivity contribution in [3.05, 3.63) is 246 Å². The Kier molecular flexibility index (Phi) is 7.73. The van der Waals surface area contributed by atoms with E-state index in [9.17, 15) is 0 Å². The molecular formula is C58H41NS. The smallest absolute Gasteiger partial charge is 0.0713 e. The van der Waals surface area contributed by atoms with E-state index in [0.29, 0.717) is 0 Å². The third-order valence-electron chi connectivity index (χ3n) is 13.4. The molecule has 2 aliphatic carbocycles. The van der Waals surface area contributed by atoms with Crippen molar-refractivity contribution in [2.45, 2.75) is 24.7 Å². The van der Waals surface area contributed by atoms with Crippen LogP contribution < -0.4 is 4.90 Å². The molecule has 0 atom stereocenters. The van der Waals surface area contributed by atoms with Gasteiger partial charge >= 0.3 is 0 Å². The average molecular weight is 784 g/mol. The Morgan fingerprint density at radius 3 is 1.57 bits per heavy atom. The van der Waals surface area contributed by atoms with Crippen molar-refractivity contribution < 1.29 is 0 Å². The molecule has 2 heteroatoms. The zero-order valence-electron chi connectivity index (χ0n) is 33.6. The maximum atomic E-state index is 2.44. The van der Waals surface area contributed by atoms with Crippen molar-refractivity contribution in [2.75, 3.05) is 4.90 Å². The van der Waals surface area contributed by atoms with Crippen molar-refractivity contribution in [2.24, 2.45) is 0 Å². The molecule has 0 radical (unpaired) electrons. The quantitative estimate of drug-likeness (QED) is 0.162. The standard InChI is InChI=1S/C58H41NS/c1-57(2)51-23-10-6-17-45(51)48-36-35-43(37-54(48)57)59(41-31-27-38(28-32-41)44-21-14-22-50-49-20-9-13-26-55(49)60-56(44)50)42-33-29-40(30-34-42)58(39-15-4-3-5-16-39)52-24-11-7-18-46(52)47-19-8-12-25-53(47)58/h3-37H,1-2H3. The SMILES string of the molecule is CC1(C)c2ccccc2-c2ccc(N(c3ccc(-c4cccc5c4sc4ccccc45)cc3)c3ccc(C4(c5ccccc5)c5ccccc5-c5ccccc54)cc3)cc21. The zero-order chi connectivity index (χ0) is 40.0. The van der Waals surface area contributed by atoms with Gasteiger partial charge in [0.25, 0.3) is 0 Å². The lowest BCUT2D eigenvalue weighted by molar-refractivity contribution is 0.660. The number of rotatable bonds is 6. The molecule has 2 aliphatic rings. The maximum absolute atomic E-state index is 2.44. The van der Waals surface area contributed by atoms with Crippen LogP contribution in [0.15, 0.2) is 212 Å². The third-order valence-corrected chi connectivity index (χ3v) is 14.6. The fourth-order valence-corrected chi connectivity index (χ4v) is 11.9. The van der Waals surface area contributed by atoms with Crippen LogP contribution in [0.4, 0.5) is 17.1 Å². The molecule has 12 rings (SSSR count). The minimum Gasteiger partial charge on any atom is -0.310 e. The largest absolute Gasteiger partial charge is 0.310 e. The normalized spacial score (nSPS) is 14.1. The van der Waals surface area contributed by atoms with Gasteiger partial charge < -0.3 is 4.90 Å². The van der Waals surface area contributed by atoms with Gasteiger partial charge in [-0.25, -0.2) is 0 Å². The van der Waals surface area contributed by atoms with Crippen LogP contribution >= 0.6 is 11.3 Å². The zero-order valence-corrected chi connectivity index (χ0v) is 34.4. The van der Waals surface area contributed by atoms with Crippen molar-refractivity contribution in [3.8, 4) is 33.4 Å². The van der Waals surface area contributed by atoms with Gasteiger partial charge in [-0.15, -0.1) is 11.3 Å². The first-order valence-electron chi connectivity index (χ1n) is 20.9. The van der Waals surface area contributed by atoms with Gasteiger partial charge in [0, 0.05) is 42.6 Å². The first-order chi connectivity index (χ1) is 29.5. The molecule has 0 unspecified atom stereocenters. The molecule has 0 aliphatic heterocycles. The molecule has 0 saturated carbocycles. The molecule has 0 amide bonds. The number of benzene rings is 9. The minimum atomic E-state index is -0.448. The van der Waals surface area contributed by atoms with E-state index in [2.05, 4.69) is 231 Å². The molecule has 60 heavy (non-hydrogen) atoms. The third kappa shape index (κ3) is 4.98. The molecule has 0 bridgehead atoms. The number of hydrogen-bond donors (Lipinski definition) is 0. The Hall–Kier alpha value is -7.00. The van der Waals surface area contributed by atoms with Gasteiger partial charge in [-0.3, -0.25) is 0 Å². The average Bonchev–Trinajstić information content (AvgIpc) is 3.91. The summed E-state index contributed by atoms with van der Waals surface area (Å²) in [7, 11) is 0. The molecule has 0 fully saturated rings. The predicted molar refractivity (Wildman–Crippen MR) is 254 cm³/mol. The highest BCUT2D eigenvalue weighted by Gasteiger charge is 2.46. The molecule has 0 saturated heterocycles. The van der Waals surface area contributed by atoms with Crippen LogP contribution in [-0.2, 0) is 10.8 Å². The van der Waals surface area contributed by atoms with Crippen LogP contribution in [0.5, 0.6) is 0 Å². The highest BCUT2D eigenvalue weighted by Crippen LogP contribution is 2.57. The van der Waals surface area contributed by atoms with Crippen molar-refractivity contribution in [1.29, 1.82) is 0 Å². The van der Waals surface area contributed by atoms with Gasteiger partial charge in [-0.2, -0.15) is 0 Å². The lowest BCUT2D eigenvalue weighted by atomic mass is 9.68. The highest BCUT2D eigenvalue weighted by atomic mass is 32.1. The molecule has 1 heterocycles. The molecule has 10 aromatic rings. The molecule has 9 aromatic carbocycles.